The molecule has 3 aromatic rings. The molecule has 10 heteroatoms. The number of hydrogen-bond acceptors (Lipinski definition) is 4. The summed E-state index contributed by atoms with van der Waals surface area (Å²) >= 11 is 9.61. The van der Waals surface area contributed by atoms with Crippen LogP contribution < -0.4 is 9.62 Å². The van der Waals surface area contributed by atoms with Gasteiger partial charge in [-0.1, -0.05) is 76.6 Å². The summed E-state index contributed by atoms with van der Waals surface area (Å²) in [6, 6.07) is 19.6. The largest absolute Gasteiger partial charge is 0.352 e. The molecule has 0 aliphatic heterocycles. The number of halogens is 2. The second kappa shape index (κ2) is 13.9. The number of nitrogens with zero attached hydrogens (tertiary/aromatic N) is 2. The van der Waals surface area contributed by atoms with E-state index in [9.17, 15) is 18.0 Å². The Bertz CT molecular complexity index is 1460. The molecule has 218 valence electrons. The second-order valence-corrected chi connectivity index (χ2v) is 13.7. The molecule has 1 saturated carbocycles. The molecule has 2 amide bonds. The Morgan fingerprint density at radius 2 is 1.66 bits per heavy atom. The van der Waals surface area contributed by atoms with Crippen LogP contribution in [-0.4, -0.2) is 43.8 Å². The SMILES string of the molecule is Cc1ccc(S(=O)(=O)N(CC(=O)N(Cc2cccc(Cl)c2)[C@@H](C)C(=O)NC2CCCCC2)c2ccc(Br)cc2)cc1. The normalized spacial score (nSPS) is 14.7. The van der Waals surface area contributed by atoms with Crippen molar-refractivity contribution in [3.05, 3.63) is 93.4 Å². The average molecular weight is 661 g/mol. The summed E-state index contributed by atoms with van der Waals surface area (Å²) in [5.74, 6) is -0.765. The minimum Gasteiger partial charge on any atom is -0.352 e. The number of amides is 2. The van der Waals surface area contributed by atoms with Crippen molar-refractivity contribution in [1.82, 2.24) is 10.2 Å². The van der Waals surface area contributed by atoms with Gasteiger partial charge in [-0.25, -0.2) is 8.42 Å². The molecular formula is C31H35BrClN3O4S. The second-order valence-electron chi connectivity index (χ2n) is 10.5. The first-order valence-electron chi connectivity index (χ1n) is 13.7. The van der Waals surface area contributed by atoms with Crippen molar-refractivity contribution in [2.24, 2.45) is 0 Å². The highest BCUT2D eigenvalue weighted by atomic mass is 79.9. The molecule has 0 radical (unpaired) electrons. The molecule has 7 nitrogen and oxygen atoms in total. The zero-order valence-electron chi connectivity index (χ0n) is 23.2. The van der Waals surface area contributed by atoms with E-state index in [4.69, 9.17) is 11.6 Å². The van der Waals surface area contributed by atoms with E-state index in [0.717, 1.165) is 52.0 Å². The Balaban J connectivity index is 1.67. The summed E-state index contributed by atoms with van der Waals surface area (Å²) < 4.78 is 29.7. The maximum atomic E-state index is 14.1. The Hall–Kier alpha value is -2.88. The van der Waals surface area contributed by atoms with Gasteiger partial charge in [0, 0.05) is 22.1 Å². The number of carbonyl (C=O) groups excluding carboxylic acids is 2. The molecule has 0 bridgehead atoms. The van der Waals surface area contributed by atoms with Gasteiger partial charge in [0.1, 0.15) is 12.6 Å². The van der Waals surface area contributed by atoms with Crippen molar-refractivity contribution >= 4 is 55.1 Å². The van der Waals surface area contributed by atoms with Crippen LogP contribution in [0.15, 0.2) is 82.2 Å². The number of rotatable bonds is 10. The molecule has 1 fully saturated rings. The van der Waals surface area contributed by atoms with Crippen LogP contribution in [0.3, 0.4) is 0 Å². The molecule has 41 heavy (non-hydrogen) atoms. The summed E-state index contributed by atoms with van der Waals surface area (Å²) in [6.07, 6.45) is 5.09. The lowest BCUT2D eigenvalue weighted by atomic mass is 9.95. The molecule has 3 aromatic carbocycles. The number of sulfonamides is 1. The molecule has 4 rings (SSSR count). The van der Waals surface area contributed by atoms with E-state index in [2.05, 4.69) is 21.2 Å². The quantitative estimate of drug-likeness (QED) is 0.270. The van der Waals surface area contributed by atoms with Crippen LogP contribution in [0.2, 0.25) is 5.02 Å². The number of nitrogens with one attached hydrogen (secondary N) is 1. The summed E-state index contributed by atoms with van der Waals surface area (Å²) in [5.41, 5.74) is 1.99. The zero-order chi connectivity index (χ0) is 29.6. The summed E-state index contributed by atoms with van der Waals surface area (Å²) in [7, 11) is -4.11. The van der Waals surface area contributed by atoms with E-state index in [0.29, 0.717) is 10.7 Å². The first-order valence-corrected chi connectivity index (χ1v) is 16.3. The third-order valence-electron chi connectivity index (χ3n) is 7.36. The summed E-state index contributed by atoms with van der Waals surface area (Å²) in [6.45, 7) is 3.16. The van der Waals surface area contributed by atoms with Crippen LogP contribution in [-0.2, 0) is 26.2 Å². The predicted molar refractivity (Wildman–Crippen MR) is 166 cm³/mol. The van der Waals surface area contributed by atoms with E-state index in [1.807, 2.05) is 13.0 Å². The maximum absolute atomic E-state index is 14.1. The van der Waals surface area contributed by atoms with Gasteiger partial charge in [0.15, 0.2) is 0 Å². The van der Waals surface area contributed by atoms with E-state index >= 15 is 0 Å². The van der Waals surface area contributed by atoms with Crippen LogP contribution in [0.1, 0.15) is 50.2 Å². The number of anilines is 1. The lowest BCUT2D eigenvalue weighted by Crippen LogP contribution is -2.53. The van der Waals surface area contributed by atoms with Crippen LogP contribution >= 0.6 is 27.5 Å². The Labute approximate surface area is 256 Å². The molecule has 0 heterocycles. The molecular weight excluding hydrogens is 626 g/mol. The number of hydrogen-bond donors (Lipinski definition) is 1. The molecule has 0 aromatic heterocycles. The Morgan fingerprint density at radius 3 is 2.29 bits per heavy atom. The molecule has 0 unspecified atom stereocenters. The number of aryl methyl sites for hydroxylation is 1. The van der Waals surface area contributed by atoms with E-state index in [1.165, 1.54) is 17.0 Å². The van der Waals surface area contributed by atoms with Gasteiger partial charge >= 0.3 is 0 Å². The minimum atomic E-state index is -4.11. The molecule has 0 saturated heterocycles. The minimum absolute atomic E-state index is 0.0722. The number of benzene rings is 3. The summed E-state index contributed by atoms with van der Waals surface area (Å²) in [5, 5.41) is 3.61. The average Bonchev–Trinajstić information content (AvgIpc) is 2.95. The highest BCUT2D eigenvalue weighted by Crippen LogP contribution is 2.27. The monoisotopic (exact) mass is 659 g/mol. The van der Waals surface area contributed by atoms with E-state index < -0.39 is 28.5 Å². The fourth-order valence-electron chi connectivity index (χ4n) is 4.96. The van der Waals surface area contributed by atoms with Crippen LogP contribution in [0, 0.1) is 6.92 Å². The van der Waals surface area contributed by atoms with Crippen LogP contribution in [0.4, 0.5) is 5.69 Å². The van der Waals surface area contributed by atoms with Gasteiger partial charge in [0.25, 0.3) is 10.0 Å². The van der Waals surface area contributed by atoms with Gasteiger partial charge in [-0.15, -0.1) is 0 Å². The molecule has 1 atom stereocenters. The fraction of sp³-hybridized carbons (Fsp3) is 0.355. The molecule has 1 N–H and O–H groups in total. The van der Waals surface area contributed by atoms with Gasteiger partial charge in [0.05, 0.1) is 10.6 Å². The molecule has 1 aliphatic rings. The highest BCUT2D eigenvalue weighted by molar-refractivity contribution is 9.10. The fourth-order valence-corrected chi connectivity index (χ4v) is 6.85. The lowest BCUT2D eigenvalue weighted by molar-refractivity contribution is -0.139. The Morgan fingerprint density at radius 1 is 1.00 bits per heavy atom. The maximum Gasteiger partial charge on any atom is 0.264 e. The summed E-state index contributed by atoms with van der Waals surface area (Å²) in [4.78, 5) is 28.9. The first-order chi connectivity index (χ1) is 19.5. The van der Waals surface area contributed by atoms with Gasteiger partial charge in [0.2, 0.25) is 11.8 Å². The lowest BCUT2D eigenvalue weighted by Gasteiger charge is -2.33. The van der Waals surface area contributed by atoms with Crippen molar-refractivity contribution < 1.29 is 18.0 Å². The standard InChI is InChI=1S/C31H35BrClN3O4S/c1-22-11-17-29(18-12-22)41(39,40)36(28-15-13-25(32)14-16-28)21-30(37)35(20-24-7-6-8-26(33)19-24)23(2)31(38)34-27-9-4-3-5-10-27/h6-8,11-19,23,27H,3-5,9-10,20-21H2,1-2H3,(H,34,38)/t23-/m0/s1. The molecule has 1 aliphatic carbocycles. The highest BCUT2D eigenvalue weighted by Gasteiger charge is 2.33. The van der Waals surface area contributed by atoms with Crippen molar-refractivity contribution in [3.8, 4) is 0 Å². The zero-order valence-corrected chi connectivity index (χ0v) is 26.4. The topological polar surface area (TPSA) is 86.8 Å². The van der Waals surface area contributed by atoms with Crippen molar-refractivity contribution in [1.29, 1.82) is 0 Å². The van der Waals surface area contributed by atoms with Gasteiger partial charge in [-0.3, -0.25) is 13.9 Å². The van der Waals surface area contributed by atoms with Crippen molar-refractivity contribution in [2.75, 3.05) is 10.8 Å². The van der Waals surface area contributed by atoms with E-state index in [-0.39, 0.29) is 23.4 Å². The van der Waals surface area contributed by atoms with Crippen LogP contribution in [0.25, 0.3) is 0 Å². The van der Waals surface area contributed by atoms with Gasteiger partial charge < -0.3 is 10.2 Å². The smallest absolute Gasteiger partial charge is 0.264 e. The first kappa shape index (κ1) is 31.1. The van der Waals surface area contributed by atoms with E-state index in [1.54, 1.807) is 61.5 Å². The Kier molecular flexibility index (Phi) is 10.5. The predicted octanol–water partition coefficient (Wildman–Crippen LogP) is 6.47. The third kappa shape index (κ3) is 8.11. The number of carbonyl (C=O) groups is 2. The van der Waals surface area contributed by atoms with Crippen molar-refractivity contribution in [3.63, 3.8) is 0 Å². The van der Waals surface area contributed by atoms with Crippen molar-refractivity contribution in [2.45, 2.75) is 69.5 Å². The van der Waals surface area contributed by atoms with Gasteiger partial charge in [-0.05, 0) is 80.8 Å². The third-order valence-corrected chi connectivity index (χ3v) is 9.92. The molecule has 0 spiro atoms. The van der Waals surface area contributed by atoms with Gasteiger partial charge in [-0.2, -0.15) is 0 Å². The van der Waals surface area contributed by atoms with Crippen LogP contribution in [0.5, 0.6) is 0 Å².